The molecule has 0 aliphatic rings. The molecule has 4 N–H and O–H groups in total. The Labute approximate surface area is 113 Å². The molecule has 0 aliphatic carbocycles. The SMILES string of the molecule is O=C(n1cc(Cl)c(=O)[nH]c1=O)C(F)(F)[C@@H](O)[C@H](O)CO. The van der Waals surface area contributed by atoms with Crippen molar-refractivity contribution in [1.82, 2.24) is 9.55 Å². The number of aliphatic hydroxyl groups is 3. The van der Waals surface area contributed by atoms with Crippen LogP contribution >= 0.6 is 11.6 Å². The standard InChI is InChI=1S/C9H9ClF2N2O6/c10-3-1-14(8(20)13-6(3)18)7(19)9(11,12)5(17)4(16)2-15/h1,4-5,15-17H,2H2,(H,13,18,20)/t4-,5+/m1/s1. The number of aromatic nitrogens is 2. The molecular weight excluding hydrogens is 306 g/mol. The predicted octanol–water partition coefficient (Wildman–Crippen LogP) is -1.82. The zero-order valence-electron chi connectivity index (χ0n) is 9.59. The first kappa shape index (κ1) is 16.4. The molecular formula is C9H9ClF2N2O6. The Hall–Kier alpha value is -1.62. The molecule has 0 saturated carbocycles. The lowest BCUT2D eigenvalue weighted by atomic mass is 10.1. The van der Waals surface area contributed by atoms with Crippen LogP contribution in [0.4, 0.5) is 8.78 Å². The molecule has 0 aliphatic heterocycles. The van der Waals surface area contributed by atoms with E-state index < -0.39 is 46.9 Å². The molecule has 0 radical (unpaired) electrons. The second-order valence-corrected chi connectivity index (χ2v) is 4.14. The number of nitrogens with zero attached hydrogens (tertiary/aromatic N) is 1. The summed E-state index contributed by atoms with van der Waals surface area (Å²) in [6, 6.07) is 0. The van der Waals surface area contributed by atoms with Gasteiger partial charge in [-0.15, -0.1) is 0 Å². The van der Waals surface area contributed by atoms with Crippen molar-refractivity contribution in [1.29, 1.82) is 0 Å². The number of nitrogens with one attached hydrogen (secondary N) is 1. The Kier molecular flexibility index (Phi) is 4.76. The minimum Gasteiger partial charge on any atom is -0.394 e. The van der Waals surface area contributed by atoms with Gasteiger partial charge in [0.1, 0.15) is 11.1 Å². The molecule has 0 bridgehead atoms. The summed E-state index contributed by atoms with van der Waals surface area (Å²) in [6.07, 6.45) is -4.89. The molecule has 8 nitrogen and oxygen atoms in total. The van der Waals surface area contributed by atoms with Gasteiger partial charge < -0.3 is 15.3 Å². The average molecular weight is 315 g/mol. The van der Waals surface area contributed by atoms with Gasteiger partial charge in [-0.05, 0) is 0 Å². The minimum absolute atomic E-state index is 0.211. The average Bonchev–Trinajstić information content (AvgIpc) is 2.40. The van der Waals surface area contributed by atoms with E-state index in [1.54, 1.807) is 0 Å². The molecule has 1 aromatic heterocycles. The quantitative estimate of drug-likeness (QED) is 0.517. The number of alkyl halides is 2. The fourth-order valence-corrected chi connectivity index (χ4v) is 1.37. The van der Waals surface area contributed by atoms with Crippen LogP contribution in [0.1, 0.15) is 4.79 Å². The Morgan fingerprint density at radius 2 is 2.00 bits per heavy atom. The van der Waals surface area contributed by atoms with Crippen molar-refractivity contribution in [3.8, 4) is 0 Å². The van der Waals surface area contributed by atoms with Crippen LogP contribution in [0.2, 0.25) is 5.02 Å². The number of hydrogen-bond donors (Lipinski definition) is 4. The van der Waals surface area contributed by atoms with Crippen LogP contribution < -0.4 is 11.2 Å². The fourth-order valence-electron chi connectivity index (χ4n) is 1.23. The van der Waals surface area contributed by atoms with Crippen LogP contribution in [0.15, 0.2) is 15.8 Å². The number of carbonyl (C=O) groups excluding carboxylic acids is 1. The van der Waals surface area contributed by atoms with Gasteiger partial charge in [-0.2, -0.15) is 8.78 Å². The summed E-state index contributed by atoms with van der Waals surface area (Å²) in [5.41, 5.74) is -2.57. The van der Waals surface area contributed by atoms with E-state index in [0.717, 1.165) is 0 Å². The molecule has 1 rings (SSSR count). The highest BCUT2D eigenvalue weighted by molar-refractivity contribution is 6.30. The lowest BCUT2D eigenvalue weighted by Crippen LogP contribution is -2.53. The largest absolute Gasteiger partial charge is 0.394 e. The van der Waals surface area contributed by atoms with E-state index in [0.29, 0.717) is 6.20 Å². The summed E-state index contributed by atoms with van der Waals surface area (Å²) in [5.74, 6) is -6.81. The van der Waals surface area contributed by atoms with E-state index in [4.69, 9.17) is 26.9 Å². The third kappa shape index (κ3) is 2.93. The van der Waals surface area contributed by atoms with Crippen LogP contribution in [0.3, 0.4) is 0 Å². The summed E-state index contributed by atoms with van der Waals surface area (Å²) in [7, 11) is 0. The van der Waals surface area contributed by atoms with E-state index in [1.807, 2.05) is 0 Å². The summed E-state index contributed by atoms with van der Waals surface area (Å²) in [4.78, 5) is 35.2. The maximum Gasteiger partial charge on any atom is 0.353 e. The van der Waals surface area contributed by atoms with Gasteiger partial charge in [0.2, 0.25) is 0 Å². The smallest absolute Gasteiger partial charge is 0.353 e. The molecule has 0 saturated heterocycles. The molecule has 112 valence electrons. The zero-order valence-corrected chi connectivity index (χ0v) is 10.3. The highest BCUT2D eigenvalue weighted by atomic mass is 35.5. The van der Waals surface area contributed by atoms with Crippen molar-refractivity contribution in [2.45, 2.75) is 18.1 Å². The monoisotopic (exact) mass is 314 g/mol. The van der Waals surface area contributed by atoms with E-state index in [1.165, 1.54) is 4.98 Å². The Morgan fingerprint density at radius 1 is 1.45 bits per heavy atom. The first-order valence-electron chi connectivity index (χ1n) is 5.04. The molecule has 0 amide bonds. The molecule has 20 heavy (non-hydrogen) atoms. The molecule has 11 heteroatoms. The van der Waals surface area contributed by atoms with Gasteiger partial charge in [-0.25, -0.2) is 9.36 Å². The molecule has 0 unspecified atom stereocenters. The zero-order chi connectivity index (χ0) is 15.7. The van der Waals surface area contributed by atoms with Crippen LogP contribution in [-0.4, -0.2) is 55.5 Å². The Morgan fingerprint density at radius 3 is 2.50 bits per heavy atom. The molecule has 2 atom stereocenters. The van der Waals surface area contributed by atoms with Crippen molar-refractivity contribution in [3.05, 3.63) is 32.1 Å². The number of carbonyl (C=O) groups is 1. The van der Waals surface area contributed by atoms with Gasteiger partial charge in [-0.1, -0.05) is 11.6 Å². The summed E-state index contributed by atoms with van der Waals surface area (Å²) in [5, 5.41) is 25.8. The van der Waals surface area contributed by atoms with Gasteiger partial charge in [0, 0.05) is 6.20 Å². The van der Waals surface area contributed by atoms with Gasteiger partial charge in [-0.3, -0.25) is 14.6 Å². The van der Waals surface area contributed by atoms with Gasteiger partial charge in [0.25, 0.3) is 5.56 Å². The lowest BCUT2D eigenvalue weighted by Gasteiger charge is -2.24. The number of halogens is 3. The highest BCUT2D eigenvalue weighted by Crippen LogP contribution is 2.23. The lowest BCUT2D eigenvalue weighted by molar-refractivity contribution is -0.136. The van der Waals surface area contributed by atoms with Crippen LogP contribution in [0.5, 0.6) is 0 Å². The third-order valence-electron chi connectivity index (χ3n) is 2.33. The molecule has 0 spiro atoms. The molecule has 1 heterocycles. The second-order valence-electron chi connectivity index (χ2n) is 3.73. The van der Waals surface area contributed by atoms with Crippen molar-refractivity contribution in [2.75, 3.05) is 6.61 Å². The Balaban J connectivity index is 3.27. The Bertz CT molecular complexity index is 628. The molecule has 0 aromatic carbocycles. The fraction of sp³-hybridized carbons (Fsp3) is 0.444. The summed E-state index contributed by atoms with van der Waals surface area (Å²) >= 11 is 5.30. The van der Waals surface area contributed by atoms with E-state index in [9.17, 15) is 23.2 Å². The first-order valence-corrected chi connectivity index (χ1v) is 5.41. The molecule has 0 fully saturated rings. The highest BCUT2D eigenvalue weighted by Gasteiger charge is 2.51. The predicted molar refractivity (Wildman–Crippen MR) is 61.0 cm³/mol. The van der Waals surface area contributed by atoms with Gasteiger partial charge in [0.15, 0.2) is 6.10 Å². The van der Waals surface area contributed by atoms with Crippen molar-refractivity contribution < 1.29 is 28.9 Å². The normalized spacial score (nSPS) is 14.9. The van der Waals surface area contributed by atoms with Crippen molar-refractivity contribution in [3.63, 3.8) is 0 Å². The van der Waals surface area contributed by atoms with Crippen molar-refractivity contribution >= 4 is 17.5 Å². The number of H-pyrrole nitrogens is 1. The van der Waals surface area contributed by atoms with E-state index in [-0.39, 0.29) is 4.57 Å². The summed E-state index contributed by atoms with van der Waals surface area (Å²) in [6.45, 7) is -1.23. The van der Waals surface area contributed by atoms with E-state index >= 15 is 0 Å². The number of hydrogen-bond acceptors (Lipinski definition) is 6. The maximum absolute atomic E-state index is 13.6. The summed E-state index contributed by atoms with van der Waals surface area (Å²) < 4.78 is 27.0. The third-order valence-corrected chi connectivity index (χ3v) is 2.59. The van der Waals surface area contributed by atoms with Crippen molar-refractivity contribution in [2.24, 2.45) is 0 Å². The first-order chi connectivity index (χ1) is 9.12. The number of rotatable bonds is 4. The van der Waals surface area contributed by atoms with Crippen LogP contribution in [0, 0.1) is 0 Å². The van der Waals surface area contributed by atoms with Gasteiger partial charge >= 0.3 is 17.5 Å². The molecule has 1 aromatic rings. The minimum atomic E-state index is -4.59. The second kappa shape index (κ2) is 5.79. The van der Waals surface area contributed by atoms with E-state index in [2.05, 4.69) is 0 Å². The number of aromatic amines is 1. The van der Waals surface area contributed by atoms with Crippen LogP contribution in [0.25, 0.3) is 0 Å². The van der Waals surface area contributed by atoms with Crippen LogP contribution in [-0.2, 0) is 0 Å². The topological polar surface area (TPSA) is 133 Å². The number of aliphatic hydroxyl groups excluding tert-OH is 3. The maximum atomic E-state index is 13.6. The van der Waals surface area contributed by atoms with Gasteiger partial charge in [0.05, 0.1) is 6.61 Å².